The van der Waals surface area contributed by atoms with Gasteiger partial charge in [-0.2, -0.15) is 5.26 Å². The Hall–Kier alpha value is -1.93. The van der Waals surface area contributed by atoms with E-state index in [-0.39, 0.29) is 5.82 Å². The zero-order valence-corrected chi connectivity index (χ0v) is 9.62. The maximum atomic E-state index is 13.5. The maximum absolute atomic E-state index is 13.5. The lowest BCUT2D eigenvalue weighted by molar-refractivity contribution is 0.617. The van der Waals surface area contributed by atoms with Gasteiger partial charge >= 0.3 is 0 Å². The molecule has 0 aliphatic carbocycles. The fourth-order valence-electron chi connectivity index (χ4n) is 1.25. The van der Waals surface area contributed by atoms with E-state index in [1.165, 1.54) is 24.2 Å². The Morgan fingerprint density at radius 2 is 2.24 bits per heavy atom. The molecule has 0 saturated heterocycles. The zero-order valence-electron chi connectivity index (χ0n) is 8.80. The Kier molecular flexibility index (Phi) is 3.68. The van der Waals surface area contributed by atoms with Crippen molar-refractivity contribution in [1.82, 2.24) is 9.97 Å². The number of hydrogen-bond donors (Lipinski definition) is 0. The van der Waals surface area contributed by atoms with Gasteiger partial charge in [0.2, 0.25) is 0 Å². The quantitative estimate of drug-likeness (QED) is 0.616. The number of benzene rings is 1. The van der Waals surface area contributed by atoms with E-state index >= 15 is 0 Å². The minimum absolute atomic E-state index is 0.332. The summed E-state index contributed by atoms with van der Waals surface area (Å²) >= 11 is 1.43. The minimum atomic E-state index is -0.356. The van der Waals surface area contributed by atoms with Crippen molar-refractivity contribution in [3.63, 3.8) is 0 Å². The van der Waals surface area contributed by atoms with Crippen molar-refractivity contribution in [2.75, 3.05) is 0 Å². The Balaban J connectivity index is 2.08. The summed E-state index contributed by atoms with van der Waals surface area (Å²) in [4.78, 5) is 7.84. The molecule has 0 unspecified atom stereocenters. The molecule has 84 valence electrons. The summed E-state index contributed by atoms with van der Waals surface area (Å²) in [5.41, 5.74) is 0.894. The molecule has 1 aromatic heterocycles. The summed E-state index contributed by atoms with van der Waals surface area (Å²) in [6.45, 7) is 0. The van der Waals surface area contributed by atoms with Gasteiger partial charge in [-0.1, -0.05) is 6.07 Å². The van der Waals surface area contributed by atoms with Gasteiger partial charge in [0.25, 0.3) is 0 Å². The molecule has 0 fully saturated rings. The van der Waals surface area contributed by atoms with Crippen molar-refractivity contribution in [3.05, 3.63) is 53.7 Å². The number of hydrogen-bond acceptors (Lipinski definition) is 4. The zero-order chi connectivity index (χ0) is 12.1. The topological polar surface area (TPSA) is 49.6 Å². The SMILES string of the molecule is N#Cc1ccc(CSc2ccncn2)c(F)c1. The van der Waals surface area contributed by atoms with Crippen molar-refractivity contribution in [2.24, 2.45) is 0 Å². The highest BCUT2D eigenvalue weighted by atomic mass is 32.2. The summed E-state index contributed by atoms with van der Waals surface area (Å²) < 4.78 is 13.5. The maximum Gasteiger partial charge on any atom is 0.128 e. The fraction of sp³-hybridized carbons (Fsp3) is 0.0833. The van der Waals surface area contributed by atoms with Gasteiger partial charge in [0.05, 0.1) is 16.7 Å². The van der Waals surface area contributed by atoms with Crippen molar-refractivity contribution >= 4 is 11.8 Å². The highest BCUT2D eigenvalue weighted by Crippen LogP contribution is 2.22. The normalized spacial score (nSPS) is 9.88. The van der Waals surface area contributed by atoms with E-state index < -0.39 is 0 Å². The molecule has 1 aromatic carbocycles. The molecule has 2 rings (SSSR count). The molecule has 0 N–H and O–H groups in total. The molecular formula is C12H8FN3S. The van der Waals surface area contributed by atoms with Gasteiger partial charge < -0.3 is 0 Å². The van der Waals surface area contributed by atoms with Crippen molar-refractivity contribution in [3.8, 4) is 6.07 Å². The number of aromatic nitrogens is 2. The lowest BCUT2D eigenvalue weighted by atomic mass is 10.1. The molecule has 1 heterocycles. The third-order valence-corrected chi connectivity index (χ3v) is 3.11. The first-order chi connectivity index (χ1) is 8.29. The van der Waals surface area contributed by atoms with Gasteiger partial charge in [0.1, 0.15) is 12.1 Å². The molecule has 0 spiro atoms. The third-order valence-electron chi connectivity index (χ3n) is 2.11. The Morgan fingerprint density at radius 1 is 1.35 bits per heavy atom. The van der Waals surface area contributed by atoms with Crippen LogP contribution in [-0.2, 0) is 5.75 Å². The number of halogens is 1. The second-order valence-corrected chi connectivity index (χ2v) is 4.25. The predicted octanol–water partition coefficient (Wildman–Crippen LogP) is 2.78. The van der Waals surface area contributed by atoms with Crippen LogP contribution in [0.4, 0.5) is 4.39 Å². The third kappa shape index (κ3) is 3.02. The number of rotatable bonds is 3. The van der Waals surface area contributed by atoms with E-state index in [0.29, 0.717) is 16.9 Å². The summed E-state index contributed by atoms with van der Waals surface area (Å²) in [6.07, 6.45) is 3.10. The summed E-state index contributed by atoms with van der Waals surface area (Å²) in [6, 6.07) is 8.15. The second kappa shape index (κ2) is 5.41. The molecule has 0 saturated carbocycles. The number of nitriles is 1. The second-order valence-electron chi connectivity index (χ2n) is 3.25. The lowest BCUT2D eigenvalue weighted by Crippen LogP contribution is -1.90. The van der Waals surface area contributed by atoms with Crippen LogP contribution in [0.25, 0.3) is 0 Å². The molecule has 5 heteroatoms. The van der Waals surface area contributed by atoms with Gasteiger partial charge in [0.15, 0.2) is 0 Å². The molecule has 0 aliphatic heterocycles. The van der Waals surface area contributed by atoms with E-state index in [1.807, 2.05) is 6.07 Å². The minimum Gasteiger partial charge on any atom is -0.245 e. The van der Waals surface area contributed by atoms with Crippen LogP contribution in [-0.4, -0.2) is 9.97 Å². The lowest BCUT2D eigenvalue weighted by Gasteiger charge is -2.02. The van der Waals surface area contributed by atoms with E-state index in [4.69, 9.17) is 5.26 Å². The van der Waals surface area contributed by atoms with Gasteiger partial charge in [-0.25, -0.2) is 14.4 Å². The molecule has 0 bridgehead atoms. The Bertz CT molecular complexity index is 551. The van der Waals surface area contributed by atoms with Crippen LogP contribution in [0, 0.1) is 17.1 Å². The van der Waals surface area contributed by atoms with Gasteiger partial charge in [-0.15, -0.1) is 11.8 Å². The van der Waals surface area contributed by atoms with E-state index in [2.05, 4.69) is 9.97 Å². The van der Waals surface area contributed by atoms with Crippen LogP contribution in [0.15, 0.2) is 41.8 Å². The van der Waals surface area contributed by atoms with Crippen LogP contribution in [0.3, 0.4) is 0 Å². The van der Waals surface area contributed by atoms with Crippen LogP contribution < -0.4 is 0 Å². The van der Waals surface area contributed by atoms with Gasteiger partial charge in [-0.3, -0.25) is 0 Å². The summed E-state index contributed by atoms with van der Waals surface area (Å²) in [5, 5.41) is 9.42. The first-order valence-electron chi connectivity index (χ1n) is 4.87. The first-order valence-corrected chi connectivity index (χ1v) is 5.85. The highest BCUT2D eigenvalue weighted by Gasteiger charge is 2.04. The van der Waals surface area contributed by atoms with Gasteiger partial charge in [-0.05, 0) is 23.8 Å². The van der Waals surface area contributed by atoms with Crippen LogP contribution in [0.5, 0.6) is 0 Å². The predicted molar refractivity (Wildman–Crippen MR) is 62.7 cm³/mol. The smallest absolute Gasteiger partial charge is 0.128 e. The van der Waals surface area contributed by atoms with E-state index in [0.717, 1.165) is 5.03 Å². The van der Waals surface area contributed by atoms with Crippen molar-refractivity contribution < 1.29 is 4.39 Å². The van der Waals surface area contributed by atoms with Crippen LogP contribution in [0.2, 0.25) is 0 Å². The van der Waals surface area contributed by atoms with Crippen molar-refractivity contribution in [2.45, 2.75) is 10.8 Å². The average Bonchev–Trinajstić information content (AvgIpc) is 2.38. The monoisotopic (exact) mass is 245 g/mol. The molecule has 0 atom stereocenters. The standard InChI is InChI=1S/C12H8FN3S/c13-11-5-9(6-14)1-2-10(11)7-17-12-3-4-15-8-16-12/h1-5,8H,7H2. The summed E-state index contributed by atoms with van der Waals surface area (Å²) in [5.74, 6) is 0.125. The first kappa shape index (κ1) is 11.6. The number of thioether (sulfide) groups is 1. The molecule has 0 aliphatic rings. The fourth-order valence-corrected chi connectivity index (χ4v) is 2.07. The van der Waals surface area contributed by atoms with E-state index in [1.54, 1.807) is 24.4 Å². The molecule has 3 nitrogen and oxygen atoms in total. The largest absolute Gasteiger partial charge is 0.245 e. The van der Waals surface area contributed by atoms with E-state index in [9.17, 15) is 4.39 Å². The van der Waals surface area contributed by atoms with Gasteiger partial charge in [0, 0.05) is 11.9 Å². The summed E-state index contributed by atoms with van der Waals surface area (Å²) in [7, 11) is 0. The average molecular weight is 245 g/mol. The Morgan fingerprint density at radius 3 is 2.88 bits per heavy atom. The van der Waals surface area contributed by atoms with Crippen LogP contribution >= 0.6 is 11.8 Å². The molecule has 2 aromatic rings. The highest BCUT2D eigenvalue weighted by molar-refractivity contribution is 7.98. The molecule has 0 amide bonds. The molecular weight excluding hydrogens is 237 g/mol. The van der Waals surface area contributed by atoms with Crippen LogP contribution in [0.1, 0.15) is 11.1 Å². The number of nitrogens with zero attached hydrogens (tertiary/aromatic N) is 3. The Labute approximate surface area is 102 Å². The van der Waals surface area contributed by atoms with Crippen molar-refractivity contribution in [1.29, 1.82) is 5.26 Å². The molecule has 17 heavy (non-hydrogen) atoms. The molecule has 0 radical (unpaired) electrons.